The van der Waals surface area contributed by atoms with Gasteiger partial charge in [0, 0.05) is 31.9 Å². The number of carbonyl (C=O) groups excluding carboxylic acids is 1. The van der Waals surface area contributed by atoms with Gasteiger partial charge in [-0.15, -0.1) is 0 Å². The molecule has 1 unspecified atom stereocenters. The highest BCUT2D eigenvalue weighted by molar-refractivity contribution is 5.97. The van der Waals surface area contributed by atoms with E-state index in [-0.39, 0.29) is 5.91 Å². The van der Waals surface area contributed by atoms with E-state index in [2.05, 4.69) is 23.7 Å². The van der Waals surface area contributed by atoms with Crippen molar-refractivity contribution in [3.8, 4) is 0 Å². The second-order valence-electron chi connectivity index (χ2n) is 4.67. The number of aromatic nitrogens is 1. The molecule has 1 fully saturated rings. The standard InChI is InChI=1S/C13H20N4O/c1-3-16-7-8-17(9-10(16)2)13(18)12-11(14)5-4-6-15-12/h4-6,10H,3,7-9,14H2,1-2H3. The van der Waals surface area contributed by atoms with Gasteiger partial charge < -0.3 is 10.6 Å². The molecule has 5 heteroatoms. The van der Waals surface area contributed by atoms with E-state index in [1.807, 2.05) is 4.90 Å². The normalized spacial score (nSPS) is 21.0. The lowest BCUT2D eigenvalue weighted by molar-refractivity contribution is 0.0524. The first kappa shape index (κ1) is 12.8. The number of piperazine rings is 1. The summed E-state index contributed by atoms with van der Waals surface area (Å²) < 4.78 is 0. The van der Waals surface area contributed by atoms with Crippen LogP contribution in [0.2, 0.25) is 0 Å². The number of hydrogen-bond acceptors (Lipinski definition) is 4. The summed E-state index contributed by atoms with van der Waals surface area (Å²) in [6.07, 6.45) is 1.61. The van der Waals surface area contributed by atoms with Gasteiger partial charge in [-0.05, 0) is 25.6 Å². The summed E-state index contributed by atoms with van der Waals surface area (Å²) in [4.78, 5) is 20.6. The molecule has 2 heterocycles. The summed E-state index contributed by atoms with van der Waals surface area (Å²) in [7, 11) is 0. The van der Waals surface area contributed by atoms with Gasteiger partial charge in [0.25, 0.3) is 5.91 Å². The lowest BCUT2D eigenvalue weighted by Gasteiger charge is -2.39. The van der Waals surface area contributed by atoms with Crippen LogP contribution in [0.15, 0.2) is 18.3 Å². The summed E-state index contributed by atoms with van der Waals surface area (Å²) in [5, 5.41) is 0. The molecular weight excluding hydrogens is 228 g/mol. The SMILES string of the molecule is CCN1CCN(C(=O)c2ncccc2N)CC1C. The molecule has 1 saturated heterocycles. The van der Waals surface area contributed by atoms with Gasteiger partial charge in [-0.25, -0.2) is 4.98 Å². The Morgan fingerprint density at radius 1 is 1.56 bits per heavy atom. The second kappa shape index (κ2) is 5.35. The largest absolute Gasteiger partial charge is 0.397 e. The number of nitrogen functional groups attached to an aromatic ring is 1. The van der Waals surface area contributed by atoms with E-state index in [1.165, 1.54) is 0 Å². The number of hydrogen-bond donors (Lipinski definition) is 1. The van der Waals surface area contributed by atoms with E-state index in [9.17, 15) is 4.79 Å². The molecule has 1 atom stereocenters. The molecule has 1 aromatic heterocycles. The van der Waals surface area contributed by atoms with Crippen LogP contribution >= 0.6 is 0 Å². The fourth-order valence-corrected chi connectivity index (χ4v) is 2.40. The van der Waals surface area contributed by atoms with E-state index in [4.69, 9.17) is 5.73 Å². The molecule has 0 spiro atoms. The van der Waals surface area contributed by atoms with Gasteiger partial charge >= 0.3 is 0 Å². The molecule has 2 rings (SSSR count). The number of rotatable bonds is 2. The number of likely N-dealkylation sites (N-methyl/N-ethyl adjacent to an activating group) is 1. The highest BCUT2D eigenvalue weighted by Crippen LogP contribution is 2.15. The minimum absolute atomic E-state index is 0.0595. The lowest BCUT2D eigenvalue weighted by Crippen LogP contribution is -2.53. The number of nitrogens with two attached hydrogens (primary N) is 1. The molecule has 98 valence electrons. The Hall–Kier alpha value is -1.62. The van der Waals surface area contributed by atoms with E-state index in [0.717, 1.165) is 26.2 Å². The molecule has 0 aromatic carbocycles. The third kappa shape index (κ3) is 2.46. The fourth-order valence-electron chi connectivity index (χ4n) is 2.40. The zero-order valence-electron chi connectivity index (χ0n) is 11.0. The topological polar surface area (TPSA) is 62.5 Å². The Kier molecular flexibility index (Phi) is 3.81. The van der Waals surface area contributed by atoms with Gasteiger partial charge in [0.1, 0.15) is 0 Å². The van der Waals surface area contributed by atoms with Crippen LogP contribution in [-0.4, -0.2) is 52.9 Å². The quantitative estimate of drug-likeness (QED) is 0.842. The summed E-state index contributed by atoms with van der Waals surface area (Å²) >= 11 is 0. The number of pyridine rings is 1. The van der Waals surface area contributed by atoms with Crippen molar-refractivity contribution in [2.45, 2.75) is 19.9 Å². The van der Waals surface area contributed by atoms with E-state index < -0.39 is 0 Å². The van der Waals surface area contributed by atoms with Gasteiger partial charge in [0.15, 0.2) is 5.69 Å². The van der Waals surface area contributed by atoms with E-state index in [0.29, 0.717) is 17.4 Å². The third-order valence-electron chi connectivity index (χ3n) is 3.50. The molecular formula is C13H20N4O. The number of anilines is 1. The predicted molar refractivity (Wildman–Crippen MR) is 71.3 cm³/mol. The van der Waals surface area contributed by atoms with Gasteiger partial charge in [-0.3, -0.25) is 9.69 Å². The first-order valence-corrected chi connectivity index (χ1v) is 6.37. The van der Waals surface area contributed by atoms with Crippen molar-refractivity contribution in [1.82, 2.24) is 14.8 Å². The van der Waals surface area contributed by atoms with E-state index in [1.54, 1.807) is 18.3 Å². The zero-order valence-corrected chi connectivity index (χ0v) is 11.0. The Morgan fingerprint density at radius 3 is 2.94 bits per heavy atom. The first-order valence-electron chi connectivity index (χ1n) is 6.37. The van der Waals surface area contributed by atoms with Gasteiger partial charge in [-0.1, -0.05) is 6.92 Å². The maximum absolute atomic E-state index is 12.3. The first-order chi connectivity index (χ1) is 8.63. The number of amides is 1. The van der Waals surface area contributed by atoms with Crippen LogP contribution in [0.5, 0.6) is 0 Å². The predicted octanol–water partition coefficient (Wildman–Crippen LogP) is 0.830. The second-order valence-corrected chi connectivity index (χ2v) is 4.67. The maximum atomic E-state index is 12.3. The smallest absolute Gasteiger partial charge is 0.274 e. The van der Waals surface area contributed by atoms with Crippen LogP contribution in [0.1, 0.15) is 24.3 Å². The Bertz CT molecular complexity index is 435. The summed E-state index contributed by atoms with van der Waals surface area (Å²) in [5.41, 5.74) is 6.62. The van der Waals surface area contributed by atoms with Crippen molar-refractivity contribution in [2.24, 2.45) is 0 Å². The monoisotopic (exact) mass is 248 g/mol. The average Bonchev–Trinajstić information content (AvgIpc) is 2.38. The van der Waals surface area contributed by atoms with Gasteiger partial charge in [0.2, 0.25) is 0 Å². The molecule has 2 N–H and O–H groups in total. The summed E-state index contributed by atoms with van der Waals surface area (Å²) in [6.45, 7) is 7.70. The van der Waals surface area contributed by atoms with Gasteiger partial charge in [0.05, 0.1) is 5.69 Å². The van der Waals surface area contributed by atoms with Crippen molar-refractivity contribution in [3.05, 3.63) is 24.0 Å². The molecule has 1 aliphatic rings. The molecule has 0 radical (unpaired) electrons. The maximum Gasteiger partial charge on any atom is 0.274 e. The van der Waals surface area contributed by atoms with Crippen molar-refractivity contribution in [3.63, 3.8) is 0 Å². The summed E-state index contributed by atoms with van der Waals surface area (Å²) in [6, 6.07) is 3.84. The van der Waals surface area contributed by atoms with Crippen molar-refractivity contribution in [2.75, 3.05) is 31.9 Å². The molecule has 0 aliphatic carbocycles. The molecule has 5 nitrogen and oxygen atoms in total. The molecule has 1 amide bonds. The minimum atomic E-state index is -0.0595. The van der Waals surface area contributed by atoms with Crippen LogP contribution in [-0.2, 0) is 0 Å². The van der Waals surface area contributed by atoms with Crippen molar-refractivity contribution in [1.29, 1.82) is 0 Å². The molecule has 18 heavy (non-hydrogen) atoms. The molecule has 1 aliphatic heterocycles. The molecule has 1 aromatic rings. The molecule has 0 saturated carbocycles. The summed E-state index contributed by atoms with van der Waals surface area (Å²) in [5.74, 6) is -0.0595. The Balaban J connectivity index is 2.10. The highest BCUT2D eigenvalue weighted by atomic mass is 16.2. The average molecular weight is 248 g/mol. The highest BCUT2D eigenvalue weighted by Gasteiger charge is 2.27. The Labute approximate surface area is 108 Å². The van der Waals surface area contributed by atoms with Crippen molar-refractivity contribution < 1.29 is 4.79 Å². The van der Waals surface area contributed by atoms with Crippen LogP contribution < -0.4 is 5.73 Å². The fraction of sp³-hybridized carbons (Fsp3) is 0.538. The number of carbonyl (C=O) groups is 1. The van der Waals surface area contributed by atoms with Crippen LogP contribution in [0.3, 0.4) is 0 Å². The number of nitrogens with zero attached hydrogens (tertiary/aromatic N) is 3. The van der Waals surface area contributed by atoms with Crippen LogP contribution in [0, 0.1) is 0 Å². The van der Waals surface area contributed by atoms with Crippen molar-refractivity contribution >= 4 is 11.6 Å². The van der Waals surface area contributed by atoms with Gasteiger partial charge in [-0.2, -0.15) is 0 Å². The minimum Gasteiger partial charge on any atom is -0.397 e. The zero-order chi connectivity index (χ0) is 13.1. The van der Waals surface area contributed by atoms with Crippen LogP contribution in [0.4, 0.5) is 5.69 Å². The molecule has 0 bridgehead atoms. The Morgan fingerprint density at radius 2 is 2.33 bits per heavy atom. The lowest BCUT2D eigenvalue weighted by atomic mass is 10.1. The third-order valence-corrected chi connectivity index (χ3v) is 3.50. The van der Waals surface area contributed by atoms with Crippen LogP contribution in [0.25, 0.3) is 0 Å². The van der Waals surface area contributed by atoms with E-state index >= 15 is 0 Å².